The van der Waals surface area contributed by atoms with Crippen LogP contribution in [0.2, 0.25) is 0 Å². The van der Waals surface area contributed by atoms with Crippen LogP contribution in [0, 0.1) is 0 Å². The summed E-state index contributed by atoms with van der Waals surface area (Å²) in [5.74, 6) is 0. The van der Waals surface area contributed by atoms with E-state index in [1.807, 2.05) is 0 Å². The van der Waals surface area contributed by atoms with Crippen molar-refractivity contribution in [3.05, 3.63) is 11.6 Å². The highest BCUT2D eigenvalue weighted by atomic mass is 16.6. The molecular formula is C8H16O3. The van der Waals surface area contributed by atoms with Gasteiger partial charge in [0, 0.05) is 0 Å². The first-order valence-corrected chi connectivity index (χ1v) is 3.64. The topological polar surface area (TPSA) is 57.5 Å². The fourth-order valence-corrected chi connectivity index (χ4v) is 0.658. The van der Waals surface area contributed by atoms with Gasteiger partial charge in [-0.15, -0.1) is 0 Å². The molecule has 0 aromatic rings. The first kappa shape index (κ1) is 12.7. The molecule has 3 heteroatoms. The molecule has 0 aromatic carbocycles. The third kappa shape index (κ3) is 17.6. The fourth-order valence-electron chi connectivity index (χ4n) is 0.658. The van der Waals surface area contributed by atoms with Gasteiger partial charge in [0.1, 0.15) is 0 Å². The van der Waals surface area contributed by atoms with Gasteiger partial charge in [0.05, 0.1) is 0 Å². The molecule has 0 rings (SSSR count). The van der Waals surface area contributed by atoms with E-state index < -0.39 is 6.16 Å². The van der Waals surface area contributed by atoms with Crippen molar-refractivity contribution in [3.8, 4) is 0 Å². The highest BCUT2D eigenvalue weighted by Crippen LogP contribution is 2.02. The van der Waals surface area contributed by atoms with Crippen LogP contribution in [-0.2, 0) is 0 Å². The molecule has 0 saturated carbocycles. The maximum atomic E-state index is 8.56. The van der Waals surface area contributed by atoms with Crippen LogP contribution < -0.4 is 0 Å². The third-order valence-corrected chi connectivity index (χ3v) is 1.32. The first-order valence-electron chi connectivity index (χ1n) is 3.64. The summed E-state index contributed by atoms with van der Waals surface area (Å²) in [5, 5.41) is 13.9. The molecule has 0 radical (unpaired) electrons. The van der Waals surface area contributed by atoms with Crippen LogP contribution in [0.25, 0.3) is 0 Å². The molecule has 0 aromatic heterocycles. The second-order valence-electron chi connectivity index (χ2n) is 1.94. The lowest BCUT2D eigenvalue weighted by molar-refractivity contribution is 0.137. The molecule has 0 heterocycles. The van der Waals surface area contributed by atoms with Crippen LogP contribution in [-0.4, -0.2) is 16.4 Å². The van der Waals surface area contributed by atoms with E-state index in [0.29, 0.717) is 0 Å². The predicted octanol–water partition coefficient (Wildman–Crippen LogP) is 2.98. The second-order valence-corrected chi connectivity index (χ2v) is 1.94. The highest BCUT2D eigenvalue weighted by molar-refractivity contribution is 5.53. The van der Waals surface area contributed by atoms with Crippen molar-refractivity contribution in [1.82, 2.24) is 0 Å². The van der Waals surface area contributed by atoms with Gasteiger partial charge in [-0.05, 0) is 19.8 Å². The highest BCUT2D eigenvalue weighted by Gasteiger charge is 1.82. The van der Waals surface area contributed by atoms with Gasteiger partial charge >= 0.3 is 6.16 Å². The summed E-state index contributed by atoms with van der Waals surface area (Å²) >= 11 is 0. The Bertz CT molecular complexity index is 117. The monoisotopic (exact) mass is 160 g/mol. The Morgan fingerprint density at radius 3 is 1.55 bits per heavy atom. The van der Waals surface area contributed by atoms with E-state index in [0.717, 1.165) is 0 Å². The lowest BCUT2D eigenvalue weighted by Gasteiger charge is -1.93. The predicted molar refractivity (Wildman–Crippen MR) is 45.0 cm³/mol. The number of carboxylic acid groups (broad SMARTS) is 2. The standard InChI is InChI=1S/C7H14.CH2O3/c1-4-7(5-2)6-3;2-1(3)4/h4H,5-6H2,1-3H3;(H2,2,3,4). The fraction of sp³-hybridized carbons (Fsp3) is 0.625. The summed E-state index contributed by atoms with van der Waals surface area (Å²) in [4.78, 5) is 8.56. The molecule has 0 atom stereocenters. The van der Waals surface area contributed by atoms with E-state index in [4.69, 9.17) is 15.0 Å². The Morgan fingerprint density at radius 2 is 1.55 bits per heavy atom. The summed E-state index contributed by atoms with van der Waals surface area (Å²) in [6.45, 7) is 6.49. The molecule has 3 nitrogen and oxygen atoms in total. The van der Waals surface area contributed by atoms with Crippen LogP contribution >= 0.6 is 0 Å². The van der Waals surface area contributed by atoms with Gasteiger partial charge in [0.15, 0.2) is 0 Å². The average molecular weight is 160 g/mol. The minimum absolute atomic E-state index is 1.22. The second kappa shape index (κ2) is 9.01. The SMILES string of the molecule is CC=C(CC)CC.O=C(O)O. The largest absolute Gasteiger partial charge is 0.503 e. The molecule has 0 saturated heterocycles. The van der Waals surface area contributed by atoms with E-state index in [9.17, 15) is 0 Å². The van der Waals surface area contributed by atoms with E-state index >= 15 is 0 Å². The van der Waals surface area contributed by atoms with Crippen LogP contribution in [0.15, 0.2) is 11.6 Å². The van der Waals surface area contributed by atoms with Crippen molar-refractivity contribution in [2.45, 2.75) is 33.6 Å². The number of rotatable bonds is 2. The number of hydrogen-bond donors (Lipinski definition) is 2. The van der Waals surface area contributed by atoms with Gasteiger partial charge in [0.2, 0.25) is 0 Å². The van der Waals surface area contributed by atoms with Gasteiger partial charge in [-0.3, -0.25) is 0 Å². The summed E-state index contributed by atoms with van der Waals surface area (Å²) in [6, 6.07) is 0. The number of carbonyl (C=O) groups is 1. The van der Waals surface area contributed by atoms with Crippen LogP contribution in [0.4, 0.5) is 4.79 Å². The van der Waals surface area contributed by atoms with Crippen molar-refractivity contribution >= 4 is 6.16 Å². The van der Waals surface area contributed by atoms with Crippen LogP contribution in [0.5, 0.6) is 0 Å². The summed E-state index contributed by atoms with van der Waals surface area (Å²) in [7, 11) is 0. The minimum atomic E-state index is -1.83. The number of hydrogen-bond acceptors (Lipinski definition) is 1. The molecule has 0 amide bonds. The molecule has 2 N–H and O–H groups in total. The maximum absolute atomic E-state index is 8.56. The molecule has 0 bridgehead atoms. The normalized spacial score (nSPS) is 7.55. The summed E-state index contributed by atoms with van der Waals surface area (Å²) < 4.78 is 0. The Morgan fingerprint density at radius 1 is 1.27 bits per heavy atom. The average Bonchev–Trinajstić information content (AvgIpc) is 1.90. The van der Waals surface area contributed by atoms with E-state index in [1.165, 1.54) is 12.8 Å². The van der Waals surface area contributed by atoms with Crippen molar-refractivity contribution in [3.63, 3.8) is 0 Å². The van der Waals surface area contributed by atoms with Crippen molar-refractivity contribution in [2.24, 2.45) is 0 Å². The minimum Gasteiger partial charge on any atom is -0.450 e. The molecule has 11 heavy (non-hydrogen) atoms. The lowest BCUT2D eigenvalue weighted by Crippen LogP contribution is -1.81. The lowest BCUT2D eigenvalue weighted by atomic mass is 10.1. The molecule has 0 aliphatic rings. The molecule has 0 unspecified atom stereocenters. The summed E-state index contributed by atoms with van der Waals surface area (Å²) in [6.07, 6.45) is 2.79. The van der Waals surface area contributed by atoms with Gasteiger partial charge in [-0.1, -0.05) is 25.5 Å². The van der Waals surface area contributed by atoms with Crippen molar-refractivity contribution in [2.75, 3.05) is 0 Å². The molecule has 0 aliphatic carbocycles. The molecule has 0 aliphatic heterocycles. The van der Waals surface area contributed by atoms with Gasteiger partial charge < -0.3 is 10.2 Å². The molecule has 66 valence electrons. The molecule has 0 fully saturated rings. The first-order chi connectivity index (χ1) is 5.08. The van der Waals surface area contributed by atoms with E-state index in [2.05, 4.69) is 26.8 Å². The van der Waals surface area contributed by atoms with E-state index in [1.54, 1.807) is 5.57 Å². The zero-order valence-corrected chi connectivity index (χ0v) is 7.29. The maximum Gasteiger partial charge on any atom is 0.503 e. The zero-order valence-electron chi connectivity index (χ0n) is 7.29. The Kier molecular flexibility index (Phi) is 10.4. The van der Waals surface area contributed by atoms with Crippen molar-refractivity contribution in [1.29, 1.82) is 0 Å². The third-order valence-electron chi connectivity index (χ3n) is 1.32. The smallest absolute Gasteiger partial charge is 0.450 e. The summed E-state index contributed by atoms with van der Waals surface area (Å²) in [5.41, 5.74) is 1.56. The Labute approximate surface area is 67.4 Å². The van der Waals surface area contributed by atoms with Crippen molar-refractivity contribution < 1.29 is 15.0 Å². The van der Waals surface area contributed by atoms with Gasteiger partial charge in [-0.2, -0.15) is 0 Å². The number of allylic oxidation sites excluding steroid dienone is 2. The van der Waals surface area contributed by atoms with Gasteiger partial charge in [-0.25, -0.2) is 4.79 Å². The van der Waals surface area contributed by atoms with Gasteiger partial charge in [0.25, 0.3) is 0 Å². The Hall–Kier alpha value is -0.990. The van der Waals surface area contributed by atoms with Crippen LogP contribution in [0.3, 0.4) is 0 Å². The van der Waals surface area contributed by atoms with E-state index in [-0.39, 0.29) is 0 Å². The zero-order chi connectivity index (χ0) is 9.28. The molecular weight excluding hydrogens is 144 g/mol. The molecule has 0 spiro atoms. The van der Waals surface area contributed by atoms with Crippen LogP contribution in [0.1, 0.15) is 33.6 Å². The quantitative estimate of drug-likeness (QED) is 0.610. The Balaban J connectivity index is 0.